The molecule has 0 aliphatic rings. The number of nitrogens with one attached hydrogen (secondary N) is 2. The summed E-state index contributed by atoms with van der Waals surface area (Å²) >= 11 is 0. The maximum Gasteiger partial charge on any atom is 0.420 e. The smallest absolute Gasteiger partial charge is 0.316 e. The van der Waals surface area contributed by atoms with Gasteiger partial charge < -0.3 is 5.32 Å². The SMILES string of the molecule is CCC(NC(=O)Nc1cc(=O)n(C)c(=O)n1C)(C(F)(F)F)C(F)(F)F. The van der Waals surface area contributed by atoms with Crippen molar-refractivity contribution < 1.29 is 31.1 Å². The summed E-state index contributed by atoms with van der Waals surface area (Å²) in [5, 5.41) is 2.52. The number of halogens is 6. The van der Waals surface area contributed by atoms with Crippen molar-refractivity contribution in [2.75, 3.05) is 5.32 Å². The molecular formula is C12H14F6N4O3. The van der Waals surface area contributed by atoms with Crippen LogP contribution >= 0.6 is 0 Å². The first-order valence-corrected chi connectivity index (χ1v) is 6.67. The maximum absolute atomic E-state index is 13.0. The Balaban J connectivity index is 3.25. The second kappa shape index (κ2) is 6.44. The van der Waals surface area contributed by atoms with Gasteiger partial charge in [-0.15, -0.1) is 0 Å². The van der Waals surface area contributed by atoms with Crippen molar-refractivity contribution in [3.8, 4) is 0 Å². The predicted octanol–water partition coefficient (Wildman–Crippen LogP) is 1.48. The summed E-state index contributed by atoms with van der Waals surface area (Å²) < 4.78 is 79.1. The summed E-state index contributed by atoms with van der Waals surface area (Å²) in [4.78, 5) is 34.8. The molecule has 142 valence electrons. The third-order valence-electron chi connectivity index (χ3n) is 3.59. The van der Waals surface area contributed by atoms with E-state index in [0.717, 1.165) is 19.4 Å². The predicted molar refractivity (Wildman–Crippen MR) is 74.2 cm³/mol. The van der Waals surface area contributed by atoms with Crippen LogP contribution in [0.5, 0.6) is 0 Å². The number of amides is 2. The topological polar surface area (TPSA) is 85.1 Å². The van der Waals surface area contributed by atoms with Crippen LogP contribution in [0.3, 0.4) is 0 Å². The van der Waals surface area contributed by atoms with E-state index in [1.165, 1.54) is 0 Å². The third kappa shape index (κ3) is 3.64. The fraction of sp³-hybridized carbons (Fsp3) is 0.583. The van der Waals surface area contributed by atoms with Gasteiger partial charge in [-0.25, -0.2) is 9.59 Å². The molecule has 0 bridgehead atoms. The number of carbonyl (C=O) groups is 1. The van der Waals surface area contributed by atoms with Crippen LogP contribution in [0.25, 0.3) is 0 Å². The lowest BCUT2D eigenvalue weighted by Crippen LogP contribution is -2.67. The molecule has 0 fully saturated rings. The molecule has 0 unspecified atom stereocenters. The van der Waals surface area contributed by atoms with Gasteiger partial charge >= 0.3 is 24.1 Å². The average molecular weight is 376 g/mol. The van der Waals surface area contributed by atoms with Crippen LogP contribution in [0, 0.1) is 0 Å². The van der Waals surface area contributed by atoms with Gasteiger partial charge in [0, 0.05) is 20.2 Å². The molecule has 1 aromatic heterocycles. The summed E-state index contributed by atoms with van der Waals surface area (Å²) in [6.07, 6.45) is -13.2. The molecule has 7 nitrogen and oxygen atoms in total. The lowest BCUT2D eigenvalue weighted by atomic mass is 9.94. The Morgan fingerprint density at radius 3 is 1.92 bits per heavy atom. The fourth-order valence-electron chi connectivity index (χ4n) is 1.99. The minimum atomic E-state index is -5.82. The summed E-state index contributed by atoms with van der Waals surface area (Å²) in [5.74, 6) is -0.569. The zero-order valence-electron chi connectivity index (χ0n) is 13.2. The number of rotatable bonds is 3. The largest absolute Gasteiger partial charge is 0.420 e. The minimum Gasteiger partial charge on any atom is -0.316 e. The first-order valence-electron chi connectivity index (χ1n) is 6.67. The van der Waals surface area contributed by atoms with E-state index in [-0.39, 0.29) is 0 Å². The van der Waals surface area contributed by atoms with Crippen LogP contribution in [-0.2, 0) is 14.1 Å². The van der Waals surface area contributed by atoms with E-state index < -0.39 is 47.4 Å². The zero-order chi connectivity index (χ0) is 19.8. The molecule has 2 amide bonds. The van der Waals surface area contributed by atoms with Gasteiger partial charge in [0.25, 0.3) is 5.56 Å². The number of nitrogens with zero attached hydrogens (tertiary/aromatic N) is 2. The van der Waals surface area contributed by atoms with Gasteiger partial charge in [-0.05, 0) is 6.42 Å². The van der Waals surface area contributed by atoms with E-state index >= 15 is 0 Å². The van der Waals surface area contributed by atoms with Crippen LogP contribution in [0.4, 0.5) is 37.0 Å². The standard InChI is InChI=1S/C12H14F6N4O3/c1-4-10(11(13,14)15,12(16,17)18)20-8(24)19-6-5-7(23)22(3)9(25)21(6)2/h5H,4H2,1-3H3,(H2,19,20,24). The van der Waals surface area contributed by atoms with E-state index in [9.17, 15) is 40.7 Å². The van der Waals surface area contributed by atoms with Crippen molar-refractivity contribution in [1.82, 2.24) is 14.5 Å². The molecule has 2 N–H and O–H groups in total. The van der Waals surface area contributed by atoms with Gasteiger partial charge in [0.05, 0.1) is 0 Å². The van der Waals surface area contributed by atoms with Crippen molar-refractivity contribution in [3.63, 3.8) is 0 Å². The molecule has 0 saturated heterocycles. The van der Waals surface area contributed by atoms with Crippen molar-refractivity contribution >= 4 is 11.8 Å². The van der Waals surface area contributed by atoms with E-state index in [4.69, 9.17) is 0 Å². The van der Waals surface area contributed by atoms with Crippen molar-refractivity contribution in [2.24, 2.45) is 14.1 Å². The maximum atomic E-state index is 13.0. The molecule has 1 heterocycles. The first-order chi connectivity index (χ1) is 11.2. The normalized spacial score (nSPS) is 12.8. The van der Waals surface area contributed by atoms with Crippen LogP contribution in [0.1, 0.15) is 13.3 Å². The molecule has 1 aromatic rings. The highest BCUT2D eigenvalue weighted by Crippen LogP contribution is 2.45. The molecule has 0 aromatic carbocycles. The second-order valence-corrected chi connectivity index (χ2v) is 5.10. The Kier molecular flexibility index (Phi) is 5.30. The van der Waals surface area contributed by atoms with Gasteiger partial charge in [0.15, 0.2) is 0 Å². The number of hydrogen-bond donors (Lipinski definition) is 2. The molecule has 0 saturated carbocycles. The van der Waals surface area contributed by atoms with Crippen molar-refractivity contribution in [3.05, 3.63) is 26.9 Å². The Bertz CT molecular complexity index is 763. The summed E-state index contributed by atoms with van der Waals surface area (Å²) in [6.45, 7) is 0.606. The quantitative estimate of drug-likeness (QED) is 0.784. The number of hydrogen-bond acceptors (Lipinski definition) is 3. The zero-order valence-corrected chi connectivity index (χ0v) is 13.2. The molecule has 0 aliphatic carbocycles. The number of anilines is 1. The lowest BCUT2D eigenvalue weighted by molar-refractivity contribution is -0.304. The fourth-order valence-corrected chi connectivity index (χ4v) is 1.99. The summed E-state index contributed by atoms with van der Waals surface area (Å²) in [5.41, 5.74) is -6.33. The van der Waals surface area contributed by atoms with Gasteiger partial charge in [-0.2, -0.15) is 26.3 Å². The summed E-state index contributed by atoms with van der Waals surface area (Å²) in [6, 6.07) is -1.20. The Morgan fingerprint density at radius 2 is 1.52 bits per heavy atom. The van der Waals surface area contributed by atoms with Gasteiger partial charge in [0.2, 0.25) is 5.54 Å². The third-order valence-corrected chi connectivity index (χ3v) is 3.59. The molecule has 0 spiro atoms. The van der Waals surface area contributed by atoms with E-state index in [0.29, 0.717) is 22.1 Å². The van der Waals surface area contributed by atoms with Gasteiger partial charge in [0.1, 0.15) is 5.82 Å². The van der Waals surface area contributed by atoms with Gasteiger partial charge in [-0.1, -0.05) is 6.92 Å². The van der Waals surface area contributed by atoms with Gasteiger partial charge in [-0.3, -0.25) is 19.2 Å². The molecular weight excluding hydrogens is 362 g/mol. The van der Waals surface area contributed by atoms with E-state index in [1.54, 1.807) is 5.32 Å². The number of carbonyl (C=O) groups excluding carboxylic acids is 1. The molecule has 0 atom stereocenters. The highest BCUT2D eigenvalue weighted by Gasteiger charge is 2.70. The van der Waals surface area contributed by atoms with E-state index in [1.807, 2.05) is 0 Å². The number of alkyl halides is 6. The first kappa shape index (κ1) is 20.6. The Labute approximate surface area is 136 Å². The second-order valence-electron chi connectivity index (χ2n) is 5.10. The average Bonchev–Trinajstić information content (AvgIpc) is 2.45. The lowest BCUT2D eigenvalue weighted by Gasteiger charge is -2.37. The minimum absolute atomic E-state index is 0.569. The number of urea groups is 1. The summed E-state index contributed by atoms with van der Waals surface area (Å²) in [7, 11) is 2.17. The Hall–Kier alpha value is -2.47. The molecule has 0 radical (unpaired) electrons. The highest BCUT2D eigenvalue weighted by molar-refractivity contribution is 5.89. The Morgan fingerprint density at radius 1 is 1.04 bits per heavy atom. The van der Waals surface area contributed by atoms with Crippen LogP contribution < -0.4 is 21.9 Å². The van der Waals surface area contributed by atoms with Crippen LogP contribution in [-0.4, -0.2) is 33.1 Å². The van der Waals surface area contributed by atoms with E-state index in [2.05, 4.69) is 0 Å². The molecule has 1 rings (SSSR count). The number of aromatic nitrogens is 2. The van der Waals surface area contributed by atoms with Crippen molar-refractivity contribution in [1.29, 1.82) is 0 Å². The highest BCUT2D eigenvalue weighted by atomic mass is 19.4. The molecule has 25 heavy (non-hydrogen) atoms. The molecule has 13 heteroatoms. The van der Waals surface area contributed by atoms with Crippen molar-refractivity contribution in [2.45, 2.75) is 31.2 Å². The van der Waals surface area contributed by atoms with Crippen LogP contribution in [0.15, 0.2) is 15.7 Å². The molecule has 0 aliphatic heterocycles. The van der Waals surface area contributed by atoms with Crippen LogP contribution in [0.2, 0.25) is 0 Å². The monoisotopic (exact) mass is 376 g/mol.